The van der Waals surface area contributed by atoms with Crippen molar-refractivity contribution >= 4 is 5.78 Å². The Morgan fingerprint density at radius 1 is 1.25 bits per heavy atom. The van der Waals surface area contributed by atoms with Gasteiger partial charge >= 0.3 is 0 Å². The minimum Gasteiger partial charge on any atom is -0.298 e. The van der Waals surface area contributed by atoms with Gasteiger partial charge in [0.2, 0.25) is 0 Å². The van der Waals surface area contributed by atoms with Crippen molar-refractivity contribution in [3.63, 3.8) is 0 Å². The molecule has 1 saturated carbocycles. The Kier molecular flexibility index (Phi) is 3.49. The number of allylic oxidation sites excluding steroid dienone is 2. The van der Waals surface area contributed by atoms with Crippen molar-refractivity contribution in [1.29, 1.82) is 0 Å². The molecule has 0 aliphatic heterocycles. The molecule has 1 nitrogen and oxygen atoms in total. The van der Waals surface area contributed by atoms with E-state index >= 15 is 0 Å². The van der Waals surface area contributed by atoms with Crippen molar-refractivity contribution in [2.45, 2.75) is 44.9 Å². The molecular weight excluding hydrogens is 244 g/mol. The van der Waals surface area contributed by atoms with Crippen LogP contribution < -0.4 is 0 Å². The van der Waals surface area contributed by atoms with Crippen LogP contribution in [0.4, 0.5) is 0 Å². The molecule has 102 valence electrons. The minimum atomic E-state index is -0.417. The fourth-order valence-electron chi connectivity index (χ4n) is 3.11. The molecule has 0 amide bonds. The molecule has 0 aromatic heterocycles. The fourth-order valence-corrected chi connectivity index (χ4v) is 3.11. The first kappa shape index (κ1) is 13.2. The molecule has 2 atom stereocenters. The Morgan fingerprint density at radius 3 is 2.70 bits per heavy atom. The van der Waals surface area contributed by atoms with Crippen LogP contribution in [0.5, 0.6) is 0 Å². The van der Waals surface area contributed by atoms with Gasteiger partial charge in [0.25, 0.3) is 0 Å². The van der Waals surface area contributed by atoms with E-state index in [-0.39, 0.29) is 11.7 Å². The second-order valence-electron chi connectivity index (χ2n) is 5.92. The number of hydrogen-bond donors (Lipinski definition) is 0. The van der Waals surface area contributed by atoms with E-state index in [1.807, 2.05) is 18.2 Å². The van der Waals surface area contributed by atoms with E-state index in [1.54, 1.807) is 6.92 Å². The third-order valence-corrected chi connectivity index (χ3v) is 4.53. The summed E-state index contributed by atoms with van der Waals surface area (Å²) in [4.78, 5) is 12.1. The van der Waals surface area contributed by atoms with Crippen molar-refractivity contribution in [3.05, 3.63) is 47.5 Å². The highest BCUT2D eigenvalue weighted by Gasteiger charge is 2.57. The molecule has 1 aromatic carbocycles. The molecule has 2 aliphatic carbocycles. The zero-order valence-electron chi connectivity index (χ0n) is 12.0. The van der Waals surface area contributed by atoms with Crippen LogP contribution in [-0.2, 0) is 4.79 Å². The van der Waals surface area contributed by atoms with Gasteiger partial charge in [-0.05, 0) is 50.2 Å². The SMILES string of the molecule is CC(=O)[C@]1(C#CC2=CCCCC2)C[C@H]1c1ccccc1. The van der Waals surface area contributed by atoms with Crippen LogP contribution in [0.25, 0.3) is 0 Å². The van der Waals surface area contributed by atoms with Gasteiger partial charge in [0.05, 0.1) is 5.41 Å². The monoisotopic (exact) mass is 264 g/mol. The van der Waals surface area contributed by atoms with E-state index in [1.165, 1.54) is 24.0 Å². The molecule has 2 aliphatic rings. The summed E-state index contributed by atoms with van der Waals surface area (Å²) in [5.74, 6) is 7.12. The average molecular weight is 264 g/mol. The lowest BCUT2D eigenvalue weighted by Gasteiger charge is -2.08. The second kappa shape index (κ2) is 5.29. The number of ketones is 1. The number of rotatable bonds is 2. The smallest absolute Gasteiger partial charge is 0.148 e. The van der Waals surface area contributed by atoms with Gasteiger partial charge in [-0.25, -0.2) is 0 Å². The highest BCUT2D eigenvalue weighted by Crippen LogP contribution is 2.59. The van der Waals surface area contributed by atoms with Crippen molar-refractivity contribution in [2.75, 3.05) is 0 Å². The lowest BCUT2D eigenvalue weighted by Crippen LogP contribution is -2.12. The second-order valence-corrected chi connectivity index (χ2v) is 5.92. The lowest BCUT2D eigenvalue weighted by atomic mass is 9.94. The van der Waals surface area contributed by atoms with Gasteiger partial charge in [-0.2, -0.15) is 0 Å². The summed E-state index contributed by atoms with van der Waals surface area (Å²) in [6, 6.07) is 10.3. The lowest BCUT2D eigenvalue weighted by molar-refractivity contribution is -0.120. The molecular formula is C19H20O. The van der Waals surface area contributed by atoms with E-state index in [0.717, 1.165) is 19.3 Å². The van der Waals surface area contributed by atoms with Crippen molar-refractivity contribution in [2.24, 2.45) is 5.41 Å². The quantitative estimate of drug-likeness (QED) is 0.730. The van der Waals surface area contributed by atoms with E-state index in [4.69, 9.17) is 0 Å². The van der Waals surface area contributed by atoms with Gasteiger partial charge in [-0.3, -0.25) is 4.79 Å². The topological polar surface area (TPSA) is 17.1 Å². The molecule has 20 heavy (non-hydrogen) atoms. The van der Waals surface area contributed by atoms with Gasteiger partial charge in [0.15, 0.2) is 0 Å². The average Bonchev–Trinajstić information content (AvgIpc) is 3.23. The summed E-state index contributed by atoms with van der Waals surface area (Å²) < 4.78 is 0. The standard InChI is InChI=1S/C19H20O/c1-15(20)19(13-12-16-8-4-2-5-9-16)14-18(19)17-10-6-3-7-11-17/h3,6-8,10-11,18H,2,4-5,9,14H2,1H3/t18-,19-/m0/s1. The summed E-state index contributed by atoms with van der Waals surface area (Å²) in [5, 5.41) is 0. The van der Waals surface area contributed by atoms with Gasteiger partial charge in [-0.1, -0.05) is 48.2 Å². The van der Waals surface area contributed by atoms with Crippen molar-refractivity contribution in [3.8, 4) is 11.8 Å². The zero-order chi connectivity index (χ0) is 14.0. The molecule has 0 radical (unpaired) electrons. The maximum atomic E-state index is 12.1. The highest BCUT2D eigenvalue weighted by molar-refractivity contribution is 5.91. The molecule has 0 N–H and O–H groups in total. The van der Waals surface area contributed by atoms with Crippen LogP contribution in [0.1, 0.15) is 50.5 Å². The molecule has 1 heteroatoms. The molecule has 1 aromatic rings. The highest BCUT2D eigenvalue weighted by atomic mass is 16.1. The Labute approximate surface area is 121 Å². The Balaban J connectivity index is 1.84. The summed E-state index contributed by atoms with van der Waals surface area (Å²) in [6.45, 7) is 1.69. The molecule has 0 bridgehead atoms. The van der Waals surface area contributed by atoms with E-state index in [0.29, 0.717) is 0 Å². The first-order chi connectivity index (χ1) is 9.72. The van der Waals surface area contributed by atoms with Crippen LogP contribution in [0.15, 0.2) is 42.0 Å². The predicted octanol–water partition coefficient (Wildman–Crippen LogP) is 4.25. The predicted molar refractivity (Wildman–Crippen MR) is 81.2 cm³/mol. The summed E-state index contributed by atoms with van der Waals surface area (Å²) >= 11 is 0. The summed E-state index contributed by atoms with van der Waals surface area (Å²) in [6.07, 6.45) is 7.85. The largest absolute Gasteiger partial charge is 0.298 e. The molecule has 0 spiro atoms. The van der Waals surface area contributed by atoms with Crippen LogP contribution in [-0.4, -0.2) is 5.78 Å². The van der Waals surface area contributed by atoms with E-state index in [2.05, 4.69) is 30.0 Å². The Morgan fingerprint density at radius 2 is 2.05 bits per heavy atom. The zero-order valence-corrected chi connectivity index (χ0v) is 12.0. The number of Topliss-reactive ketones (excluding diaryl/α,β-unsaturated/α-hetero) is 1. The molecule has 0 saturated heterocycles. The number of carbonyl (C=O) groups excluding carboxylic acids is 1. The van der Waals surface area contributed by atoms with Gasteiger partial charge in [-0.15, -0.1) is 0 Å². The fraction of sp³-hybridized carbons (Fsp3) is 0.421. The molecule has 0 heterocycles. The molecule has 3 rings (SSSR count). The van der Waals surface area contributed by atoms with Crippen LogP contribution in [0, 0.1) is 17.3 Å². The van der Waals surface area contributed by atoms with Crippen molar-refractivity contribution in [1.82, 2.24) is 0 Å². The first-order valence-electron chi connectivity index (χ1n) is 7.50. The van der Waals surface area contributed by atoms with Gasteiger partial charge < -0.3 is 0 Å². The minimum absolute atomic E-state index is 0.218. The number of benzene rings is 1. The van der Waals surface area contributed by atoms with Crippen LogP contribution in [0.3, 0.4) is 0 Å². The van der Waals surface area contributed by atoms with Crippen molar-refractivity contribution < 1.29 is 4.79 Å². The summed E-state index contributed by atoms with van der Waals surface area (Å²) in [5.41, 5.74) is 2.06. The maximum absolute atomic E-state index is 12.1. The van der Waals surface area contributed by atoms with Gasteiger partial charge in [0, 0.05) is 5.92 Å². The van der Waals surface area contributed by atoms with E-state index < -0.39 is 5.41 Å². The Bertz CT molecular complexity index is 600. The van der Waals surface area contributed by atoms with Gasteiger partial charge in [0.1, 0.15) is 5.78 Å². The number of hydrogen-bond acceptors (Lipinski definition) is 1. The number of carbonyl (C=O) groups is 1. The maximum Gasteiger partial charge on any atom is 0.148 e. The Hall–Kier alpha value is -1.81. The summed E-state index contributed by atoms with van der Waals surface area (Å²) in [7, 11) is 0. The van der Waals surface area contributed by atoms with Crippen LogP contribution in [0.2, 0.25) is 0 Å². The normalized spacial score (nSPS) is 28.1. The third-order valence-electron chi connectivity index (χ3n) is 4.53. The first-order valence-corrected chi connectivity index (χ1v) is 7.50. The molecule has 0 unspecified atom stereocenters. The third kappa shape index (κ3) is 2.43. The van der Waals surface area contributed by atoms with Crippen LogP contribution >= 0.6 is 0 Å². The van der Waals surface area contributed by atoms with E-state index in [9.17, 15) is 4.79 Å². The molecule has 1 fully saturated rings.